The highest BCUT2D eigenvalue weighted by Gasteiger charge is 2.21. The van der Waals surface area contributed by atoms with E-state index in [1.807, 2.05) is 0 Å². The summed E-state index contributed by atoms with van der Waals surface area (Å²) < 4.78 is 9.76. The van der Waals surface area contributed by atoms with Crippen LogP contribution in [0.1, 0.15) is 0 Å². The summed E-state index contributed by atoms with van der Waals surface area (Å²) in [5.41, 5.74) is 0. The number of rotatable bonds is 2. The lowest BCUT2D eigenvalue weighted by atomic mass is 10.2. The van der Waals surface area contributed by atoms with Gasteiger partial charge >= 0.3 is 13.6 Å². The van der Waals surface area contributed by atoms with Crippen LogP contribution in [-0.2, 0) is 9.36 Å². The Bertz CT molecular complexity index is 261. The molecular weight excluding hydrogens is 235 g/mol. The van der Waals surface area contributed by atoms with Crippen LogP contribution in [0.25, 0.3) is 0 Å². The topological polar surface area (TPSA) is 101 Å². The molecule has 8 heteroatoms. The molecule has 3 aliphatic rings. The van der Waals surface area contributed by atoms with Crippen LogP contribution in [0.4, 0.5) is 0 Å². The number of carboxylic acid groups (broad SMARTS) is 1. The second kappa shape index (κ2) is 5.75. The van der Waals surface area contributed by atoms with E-state index in [2.05, 4.69) is 9.80 Å². The van der Waals surface area contributed by atoms with Crippen molar-refractivity contribution < 1.29 is 24.3 Å². The zero-order valence-electron chi connectivity index (χ0n) is 8.95. The zero-order chi connectivity index (χ0) is 12.2. The Morgan fingerprint density at radius 2 is 1.31 bits per heavy atom. The van der Waals surface area contributed by atoms with Crippen molar-refractivity contribution in [3.63, 3.8) is 0 Å². The van der Waals surface area contributed by atoms with Gasteiger partial charge in [-0.3, -0.25) is 19.2 Å². The number of fused-ring (bicyclic) bond motifs is 3. The maximum atomic E-state index is 9.76. The van der Waals surface area contributed by atoms with Crippen LogP contribution in [0, 0.1) is 0 Å². The van der Waals surface area contributed by atoms with Gasteiger partial charge in [0.05, 0.1) is 0 Å². The number of hydrogen-bond donors (Lipinski definition) is 3. The van der Waals surface area contributed by atoms with E-state index in [9.17, 15) is 9.36 Å². The van der Waals surface area contributed by atoms with Crippen LogP contribution >= 0.6 is 7.60 Å². The average molecular weight is 252 g/mol. The van der Waals surface area contributed by atoms with Crippen LogP contribution in [0.3, 0.4) is 0 Å². The molecule has 7 nitrogen and oxygen atoms in total. The van der Waals surface area contributed by atoms with Crippen molar-refractivity contribution in [1.29, 1.82) is 0 Å². The highest BCUT2D eigenvalue weighted by atomic mass is 31.2. The predicted octanol–water partition coefficient (Wildman–Crippen LogP) is -1.13. The van der Waals surface area contributed by atoms with Crippen molar-refractivity contribution in [1.82, 2.24) is 9.80 Å². The van der Waals surface area contributed by atoms with Crippen LogP contribution in [0.5, 0.6) is 0 Å². The van der Waals surface area contributed by atoms with Crippen molar-refractivity contribution >= 4 is 13.6 Å². The Labute approximate surface area is 93.8 Å². The summed E-state index contributed by atoms with van der Waals surface area (Å²) in [6, 6.07) is 0. The number of carbonyl (C=O) groups is 1. The first kappa shape index (κ1) is 13.6. The molecule has 3 rings (SSSR count). The van der Waals surface area contributed by atoms with Crippen molar-refractivity contribution in [2.45, 2.75) is 0 Å². The number of piperazine rings is 3. The summed E-state index contributed by atoms with van der Waals surface area (Å²) in [6.07, 6.45) is -1.09. The number of aliphatic carboxylic acids is 1. The van der Waals surface area contributed by atoms with Crippen molar-refractivity contribution in [3.8, 4) is 0 Å². The SMILES string of the molecule is C1CN2CCN1CC2.O=C(O)CP(=O)(O)O. The maximum Gasteiger partial charge on any atom is 0.336 e. The van der Waals surface area contributed by atoms with Gasteiger partial charge in [-0.25, -0.2) is 0 Å². The second-order valence-electron chi connectivity index (χ2n) is 3.90. The van der Waals surface area contributed by atoms with Gasteiger partial charge in [-0.15, -0.1) is 0 Å². The van der Waals surface area contributed by atoms with Gasteiger partial charge in [-0.1, -0.05) is 0 Å². The molecule has 2 bridgehead atoms. The standard InChI is InChI=1S/C6H12N2.C2H5O5P/c1-2-8-5-3-7(1)4-6-8;3-2(4)1-8(5,6)7/h1-6H2;1H2,(H,3,4)(H2,5,6,7). The predicted molar refractivity (Wildman–Crippen MR) is 57.4 cm³/mol. The summed E-state index contributed by atoms with van der Waals surface area (Å²) in [5.74, 6) is -1.49. The Morgan fingerprint density at radius 3 is 1.38 bits per heavy atom. The Morgan fingerprint density at radius 1 is 1.00 bits per heavy atom. The van der Waals surface area contributed by atoms with Gasteiger partial charge in [-0.05, 0) is 0 Å². The van der Waals surface area contributed by atoms with Crippen molar-refractivity contribution in [3.05, 3.63) is 0 Å². The summed E-state index contributed by atoms with van der Waals surface area (Å²) >= 11 is 0. The third-order valence-corrected chi connectivity index (χ3v) is 3.22. The minimum absolute atomic E-state index is 1.09. The molecule has 0 saturated carbocycles. The molecule has 0 spiro atoms. The first-order chi connectivity index (χ1) is 7.37. The van der Waals surface area contributed by atoms with E-state index in [0.29, 0.717) is 0 Å². The van der Waals surface area contributed by atoms with Crippen LogP contribution in [0.15, 0.2) is 0 Å². The van der Waals surface area contributed by atoms with Gasteiger partial charge in [0, 0.05) is 39.3 Å². The van der Waals surface area contributed by atoms with E-state index in [1.165, 1.54) is 39.3 Å². The normalized spacial score (nSPS) is 28.1. The molecule has 3 aliphatic heterocycles. The molecule has 3 saturated heterocycles. The zero-order valence-corrected chi connectivity index (χ0v) is 9.84. The molecule has 0 aromatic heterocycles. The number of hydrogen-bond acceptors (Lipinski definition) is 4. The van der Waals surface area contributed by atoms with E-state index >= 15 is 0 Å². The largest absolute Gasteiger partial charge is 0.481 e. The molecule has 16 heavy (non-hydrogen) atoms. The lowest BCUT2D eigenvalue weighted by Crippen LogP contribution is -2.55. The number of nitrogens with zero attached hydrogens (tertiary/aromatic N) is 2. The second-order valence-corrected chi connectivity index (χ2v) is 5.55. The summed E-state index contributed by atoms with van der Waals surface area (Å²) in [6.45, 7) is 7.92. The van der Waals surface area contributed by atoms with E-state index in [0.717, 1.165) is 0 Å². The van der Waals surface area contributed by atoms with Crippen molar-refractivity contribution in [2.24, 2.45) is 0 Å². The monoisotopic (exact) mass is 252 g/mol. The summed E-state index contributed by atoms with van der Waals surface area (Å²) in [4.78, 5) is 30.4. The van der Waals surface area contributed by atoms with Gasteiger partial charge in [0.1, 0.15) is 6.16 Å². The highest BCUT2D eigenvalue weighted by molar-refractivity contribution is 7.52. The molecular formula is C8H17N2O5P. The Hall–Kier alpha value is -0.460. The van der Waals surface area contributed by atoms with Gasteiger partial charge in [-0.2, -0.15) is 0 Å². The molecule has 94 valence electrons. The van der Waals surface area contributed by atoms with Crippen molar-refractivity contribution in [2.75, 3.05) is 45.4 Å². The number of carboxylic acids is 1. The van der Waals surface area contributed by atoms with Crippen LogP contribution < -0.4 is 0 Å². The fraction of sp³-hybridized carbons (Fsp3) is 0.875. The van der Waals surface area contributed by atoms with E-state index < -0.39 is 19.7 Å². The molecule has 0 aliphatic carbocycles. The van der Waals surface area contributed by atoms with E-state index in [1.54, 1.807) is 0 Å². The maximum absolute atomic E-state index is 9.76. The minimum atomic E-state index is -4.32. The van der Waals surface area contributed by atoms with Gasteiger partial charge < -0.3 is 14.9 Å². The first-order valence-electron chi connectivity index (χ1n) is 5.08. The molecule has 0 amide bonds. The molecule has 0 radical (unpaired) electrons. The molecule has 3 N–H and O–H groups in total. The third-order valence-electron chi connectivity index (χ3n) is 2.54. The molecule has 0 atom stereocenters. The molecule has 3 fully saturated rings. The highest BCUT2D eigenvalue weighted by Crippen LogP contribution is 2.33. The Kier molecular flexibility index (Phi) is 4.89. The van der Waals surface area contributed by atoms with Crippen LogP contribution in [0.2, 0.25) is 0 Å². The lowest BCUT2D eigenvalue weighted by Gasteiger charge is -2.41. The van der Waals surface area contributed by atoms with Gasteiger partial charge in [0.25, 0.3) is 0 Å². The fourth-order valence-electron chi connectivity index (χ4n) is 1.70. The lowest BCUT2D eigenvalue weighted by molar-refractivity contribution is -0.134. The third kappa shape index (κ3) is 5.58. The molecule has 0 aromatic rings. The molecule has 0 unspecified atom stereocenters. The fourth-order valence-corrected chi connectivity index (χ4v) is 2.05. The summed E-state index contributed by atoms with van der Waals surface area (Å²) in [7, 11) is -4.32. The quantitative estimate of drug-likeness (QED) is 0.534. The Balaban J connectivity index is 0.000000160. The molecule has 0 aromatic carbocycles. The van der Waals surface area contributed by atoms with Gasteiger partial charge in [0.15, 0.2) is 0 Å². The first-order valence-corrected chi connectivity index (χ1v) is 6.88. The average Bonchev–Trinajstić information content (AvgIpc) is 2.17. The smallest absolute Gasteiger partial charge is 0.336 e. The van der Waals surface area contributed by atoms with Gasteiger partial charge in [0.2, 0.25) is 0 Å². The van der Waals surface area contributed by atoms with E-state index in [4.69, 9.17) is 14.9 Å². The molecule has 3 heterocycles. The van der Waals surface area contributed by atoms with E-state index in [-0.39, 0.29) is 0 Å². The summed E-state index contributed by atoms with van der Waals surface area (Å²) in [5, 5.41) is 7.76. The van der Waals surface area contributed by atoms with Crippen LogP contribution in [-0.4, -0.2) is 76.1 Å². The minimum Gasteiger partial charge on any atom is -0.481 e.